The third kappa shape index (κ3) is 6.31. The molecule has 0 amide bonds. The van der Waals surface area contributed by atoms with Crippen LogP contribution in [-0.2, 0) is 6.54 Å². The summed E-state index contributed by atoms with van der Waals surface area (Å²) in [7, 11) is 0. The molecule has 9 N–H and O–H groups in total. The monoisotopic (exact) mass is 482 g/mol. The molecule has 0 bridgehead atoms. The number of nitrogens with zero attached hydrogens (tertiary/aromatic N) is 5. The summed E-state index contributed by atoms with van der Waals surface area (Å²) in [6, 6.07) is 7.55. The number of rotatable bonds is 5. The van der Waals surface area contributed by atoms with Gasteiger partial charge in [-0.3, -0.25) is 0 Å². The Morgan fingerprint density at radius 2 is 1.22 bits per heavy atom. The van der Waals surface area contributed by atoms with E-state index in [-0.39, 0.29) is 36.6 Å². The number of benzene rings is 1. The maximum absolute atomic E-state index is 6.19. The van der Waals surface area contributed by atoms with Crippen LogP contribution in [-0.4, -0.2) is 65.3 Å². The summed E-state index contributed by atoms with van der Waals surface area (Å²) in [5, 5.41) is 4.00. The molecule has 0 unspecified atom stereocenters. The van der Waals surface area contributed by atoms with E-state index in [1.165, 1.54) is 0 Å². The molecule has 0 spiro atoms. The summed E-state index contributed by atoms with van der Waals surface area (Å²) in [5.74, 6) is 1.60. The molecule has 0 radical (unpaired) electrons. The summed E-state index contributed by atoms with van der Waals surface area (Å²) in [6.45, 7) is 3.14. The fourth-order valence-corrected chi connectivity index (χ4v) is 4.31. The predicted molar refractivity (Wildman–Crippen MR) is 131 cm³/mol. The third-order valence-electron chi connectivity index (χ3n) is 5.57. The Balaban J connectivity index is 0.00000289. The molecule has 1 aromatic carbocycles. The molecule has 10 nitrogen and oxygen atoms in total. The molecule has 2 saturated heterocycles. The highest BCUT2D eigenvalue weighted by Gasteiger charge is 2.28. The number of nitrogens with one attached hydrogen (secondary N) is 1. The van der Waals surface area contributed by atoms with Crippen LogP contribution in [0.1, 0.15) is 18.4 Å². The first kappa shape index (κ1) is 24.7. The van der Waals surface area contributed by atoms with Gasteiger partial charge in [0.2, 0.25) is 17.8 Å². The third-order valence-corrected chi connectivity index (χ3v) is 5.82. The fraction of sp³-hybridized carbons (Fsp3) is 0.550. The first-order valence-corrected chi connectivity index (χ1v) is 11.0. The number of halogens is 2. The van der Waals surface area contributed by atoms with E-state index in [0.29, 0.717) is 55.6 Å². The van der Waals surface area contributed by atoms with Gasteiger partial charge >= 0.3 is 0 Å². The van der Waals surface area contributed by atoms with Crippen LogP contribution in [0.15, 0.2) is 24.3 Å². The molecule has 12 heteroatoms. The van der Waals surface area contributed by atoms with Gasteiger partial charge < -0.3 is 38.1 Å². The number of hydrogen-bond acceptors (Lipinski definition) is 10. The zero-order valence-electron chi connectivity index (χ0n) is 17.9. The lowest BCUT2D eigenvalue weighted by molar-refractivity contribution is 0.441. The van der Waals surface area contributed by atoms with E-state index in [1.54, 1.807) is 0 Å². The van der Waals surface area contributed by atoms with Crippen molar-refractivity contribution in [2.75, 3.05) is 41.3 Å². The van der Waals surface area contributed by atoms with Crippen molar-refractivity contribution in [3.05, 3.63) is 34.9 Å². The van der Waals surface area contributed by atoms with E-state index in [1.807, 2.05) is 34.1 Å². The Morgan fingerprint density at radius 3 is 1.66 bits per heavy atom. The van der Waals surface area contributed by atoms with Gasteiger partial charge in [-0.2, -0.15) is 15.0 Å². The van der Waals surface area contributed by atoms with Gasteiger partial charge in [0.05, 0.1) is 0 Å². The smallest absolute Gasteiger partial charge is 0.232 e. The molecule has 2 aliphatic heterocycles. The summed E-state index contributed by atoms with van der Waals surface area (Å²) >= 11 is 5.98. The van der Waals surface area contributed by atoms with Gasteiger partial charge in [-0.15, -0.1) is 12.4 Å². The highest BCUT2D eigenvalue weighted by atomic mass is 35.5. The summed E-state index contributed by atoms with van der Waals surface area (Å²) in [5.41, 5.74) is 25.8. The van der Waals surface area contributed by atoms with Gasteiger partial charge in [0, 0.05) is 61.9 Å². The Bertz CT molecular complexity index is 819. The zero-order chi connectivity index (χ0) is 22.0. The van der Waals surface area contributed by atoms with Crippen molar-refractivity contribution in [3.63, 3.8) is 0 Å². The maximum atomic E-state index is 6.19. The van der Waals surface area contributed by atoms with Crippen LogP contribution in [0, 0.1) is 0 Å². The van der Waals surface area contributed by atoms with Crippen LogP contribution in [0.2, 0.25) is 5.02 Å². The lowest BCUT2D eigenvalue weighted by Crippen LogP contribution is -2.54. The molecule has 4 rings (SSSR count). The Hall–Kier alpha value is -1.95. The summed E-state index contributed by atoms with van der Waals surface area (Å²) < 4.78 is 0. The summed E-state index contributed by atoms with van der Waals surface area (Å²) in [6.07, 6.45) is 1.57. The minimum absolute atomic E-state index is 0. The zero-order valence-corrected chi connectivity index (χ0v) is 19.5. The van der Waals surface area contributed by atoms with Crippen LogP contribution in [0.25, 0.3) is 0 Å². The molecule has 2 aliphatic rings. The molecule has 32 heavy (non-hydrogen) atoms. The van der Waals surface area contributed by atoms with E-state index in [4.69, 9.17) is 39.5 Å². The van der Waals surface area contributed by atoms with Crippen molar-refractivity contribution in [3.8, 4) is 0 Å². The SMILES string of the molecule is Cl.N[C@@H]1C[C@H](N)CN(c2nc(NCc3ccc(Cl)cc3)nc(N3C[C@H](N)C[C@H](N)C3)n2)C1. The van der Waals surface area contributed by atoms with Crippen molar-refractivity contribution in [2.24, 2.45) is 22.9 Å². The molecule has 0 aliphatic carbocycles. The molecular weight excluding hydrogens is 451 g/mol. The van der Waals surface area contributed by atoms with Crippen LogP contribution < -0.4 is 38.1 Å². The number of piperidine rings is 2. The summed E-state index contributed by atoms with van der Waals surface area (Å²) in [4.78, 5) is 18.1. The van der Waals surface area contributed by atoms with Crippen LogP contribution >= 0.6 is 24.0 Å². The average molecular weight is 483 g/mol. The molecule has 0 saturated carbocycles. The van der Waals surface area contributed by atoms with Gasteiger partial charge in [-0.25, -0.2) is 0 Å². The molecule has 4 atom stereocenters. The fourth-order valence-electron chi connectivity index (χ4n) is 4.18. The van der Waals surface area contributed by atoms with Crippen LogP contribution in [0.4, 0.5) is 17.8 Å². The number of aromatic nitrogens is 3. The van der Waals surface area contributed by atoms with E-state index in [9.17, 15) is 0 Å². The molecule has 3 heterocycles. The second-order valence-corrected chi connectivity index (χ2v) is 9.00. The molecular formula is C20H32Cl2N10. The van der Waals surface area contributed by atoms with Crippen molar-refractivity contribution >= 4 is 41.9 Å². The number of hydrogen-bond donors (Lipinski definition) is 5. The Kier molecular flexibility index (Phi) is 8.32. The van der Waals surface area contributed by atoms with E-state index >= 15 is 0 Å². The van der Waals surface area contributed by atoms with E-state index < -0.39 is 0 Å². The highest BCUT2D eigenvalue weighted by molar-refractivity contribution is 6.30. The maximum Gasteiger partial charge on any atom is 0.232 e. The first-order chi connectivity index (χ1) is 14.9. The second-order valence-electron chi connectivity index (χ2n) is 8.56. The molecule has 176 valence electrons. The largest absolute Gasteiger partial charge is 0.350 e. The molecule has 2 aromatic rings. The standard InChI is InChI=1S/C20H31ClN10.ClH/c21-13-3-1-12(2-4-13)7-26-18-27-19(30-8-14(22)5-15(23)9-30)29-20(28-18)31-10-16(24)6-17(25)11-31;/h1-4,14-17H,5-11,22-25H2,(H,26,27,28,29);1H/t14-,15+,16-,17+;. The highest BCUT2D eigenvalue weighted by Crippen LogP contribution is 2.22. The quantitative estimate of drug-likeness (QED) is 0.400. The molecule has 2 fully saturated rings. The van der Waals surface area contributed by atoms with E-state index in [0.717, 1.165) is 18.4 Å². The van der Waals surface area contributed by atoms with Crippen molar-refractivity contribution in [1.82, 2.24) is 15.0 Å². The molecule has 1 aromatic heterocycles. The van der Waals surface area contributed by atoms with Crippen LogP contribution in [0.3, 0.4) is 0 Å². The van der Waals surface area contributed by atoms with E-state index in [2.05, 4.69) is 15.3 Å². The Morgan fingerprint density at radius 1 is 0.781 bits per heavy atom. The minimum atomic E-state index is -0.0220. The average Bonchev–Trinajstić information content (AvgIpc) is 2.72. The predicted octanol–water partition coefficient (Wildman–Crippen LogP) is 0.288. The minimum Gasteiger partial charge on any atom is -0.350 e. The van der Waals surface area contributed by atoms with Crippen molar-refractivity contribution in [1.29, 1.82) is 0 Å². The Labute approximate surface area is 199 Å². The normalized spacial score (nSPS) is 25.9. The second kappa shape index (κ2) is 10.8. The lowest BCUT2D eigenvalue weighted by Gasteiger charge is -2.37. The van der Waals surface area contributed by atoms with Gasteiger partial charge in [0.25, 0.3) is 0 Å². The topological polar surface area (TPSA) is 161 Å². The van der Waals surface area contributed by atoms with Crippen molar-refractivity contribution < 1.29 is 0 Å². The van der Waals surface area contributed by atoms with Gasteiger partial charge in [-0.1, -0.05) is 23.7 Å². The number of nitrogens with two attached hydrogens (primary N) is 4. The van der Waals surface area contributed by atoms with Crippen molar-refractivity contribution in [2.45, 2.75) is 43.6 Å². The number of anilines is 3. The van der Waals surface area contributed by atoms with Gasteiger partial charge in [0.15, 0.2) is 0 Å². The van der Waals surface area contributed by atoms with Crippen LogP contribution in [0.5, 0.6) is 0 Å². The van der Waals surface area contributed by atoms with Gasteiger partial charge in [0.1, 0.15) is 0 Å². The lowest BCUT2D eigenvalue weighted by atomic mass is 10.0. The van der Waals surface area contributed by atoms with Gasteiger partial charge in [-0.05, 0) is 30.5 Å². The first-order valence-electron chi connectivity index (χ1n) is 10.6.